The third kappa shape index (κ3) is 5.83. The molecule has 0 bridgehead atoms. The summed E-state index contributed by atoms with van der Waals surface area (Å²) in [4.78, 5) is 23.0. The molecule has 2 rings (SSSR count). The van der Waals surface area contributed by atoms with Crippen molar-refractivity contribution in [2.45, 2.75) is 17.6 Å². The lowest BCUT2D eigenvalue weighted by Gasteiger charge is -2.14. The van der Waals surface area contributed by atoms with E-state index in [9.17, 15) is 13.6 Å². The molecule has 6 nitrogen and oxygen atoms in total. The Hall–Kier alpha value is -2.42. The van der Waals surface area contributed by atoms with Crippen molar-refractivity contribution in [2.75, 3.05) is 37.4 Å². The molecule has 0 spiro atoms. The number of hydrogen-bond acceptors (Lipinski definition) is 6. The number of carbonyl (C=O) groups is 1. The number of nitrogens with one attached hydrogen (secondary N) is 2. The van der Waals surface area contributed by atoms with Crippen LogP contribution < -0.4 is 15.5 Å². The van der Waals surface area contributed by atoms with Gasteiger partial charge in [-0.05, 0) is 19.1 Å². The first-order valence-electron chi connectivity index (χ1n) is 7.95. The van der Waals surface area contributed by atoms with Gasteiger partial charge in [0.05, 0.1) is 5.56 Å². The van der Waals surface area contributed by atoms with E-state index in [0.29, 0.717) is 36.5 Å². The first-order valence-corrected chi connectivity index (χ1v) is 8.83. The van der Waals surface area contributed by atoms with Crippen LogP contribution in [0.4, 0.5) is 20.4 Å². The monoisotopic (exact) mass is 381 g/mol. The van der Waals surface area contributed by atoms with Crippen LogP contribution >= 0.6 is 11.8 Å². The number of hydrogen-bond donors (Lipinski definition) is 2. The highest BCUT2D eigenvalue weighted by atomic mass is 32.2. The lowest BCUT2D eigenvalue weighted by Crippen LogP contribution is -2.29. The van der Waals surface area contributed by atoms with Crippen molar-refractivity contribution >= 4 is 29.3 Å². The number of aryl methyl sites for hydroxylation is 1. The zero-order chi connectivity index (χ0) is 19.1. The Kier molecular flexibility index (Phi) is 7.14. The molecule has 0 aliphatic rings. The first kappa shape index (κ1) is 19.9. The molecule has 0 fully saturated rings. The Morgan fingerprint density at radius 2 is 1.96 bits per heavy atom. The van der Waals surface area contributed by atoms with Crippen LogP contribution in [0.2, 0.25) is 0 Å². The molecule has 0 atom stereocenters. The van der Waals surface area contributed by atoms with E-state index < -0.39 is 5.76 Å². The summed E-state index contributed by atoms with van der Waals surface area (Å²) in [5.74, 6) is -0.882. The summed E-state index contributed by atoms with van der Waals surface area (Å²) in [7, 11) is 3.78. The molecule has 0 radical (unpaired) electrons. The fourth-order valence-corrected chi connectivity index (χ4v) is 2.82. The van der Waals surface area contributed by atoms with Crippen LogP contribution in [-0.2, 0) is 0 Å². The lowest BCUT2D eigenvalue weighted by atomic mass is 10.2. The molecule has 0 unspecified atom stereocenters. The maximum atomic E-state index is 12.6. The van der Waals surface area contributed by atoms with Crippen LogP contribution in [-0.4, -0.2) is 48.8 Å². The summed E-state index contributed by atoms with van der Waals surface area (Å²) in [5, 5.41) is 5.84. The second-order valence-corrected chi connectivity index (χ2v) is 6.64. The predicted molar refractivity (Wildman–Crippen MR) is 100 cm³/mol. The largest absolute Gasteiger partial charge is 0.368 e. The quantitative estimate of drug-likeness (QED) is 0.541. The van der Waals surface area contributed by atoms with E-state index in [-0.39, 0.29) is 16.4 Å². The zero-order valence-corrected chi connectivity index (χ0v) is 15.6. The first-order chi connectivity index (χ1) is 12.4. The van der Waals surface area contributed by atoms with Gasteiger partial charge in [0.15, 0.2) is 0 Å². The normalized spacial score (nSPS) is 10.7. The fourth-order valence-electron chi connectivity index (χ4n) is 2.19. The number of rotatable bonds is 8. The summed E-state index contributed by atoms with van der Waals surface area (Å²) in [6, 6.07) is 8.13. The molecule has 0 aliphatic carbocycles. The van der Waals surface area contributed by atoms with Crippen LogP contribution in [0, 0.1) is 6.92 Å². The molecule has 140 valence electrons. The molecular weight excluding hydrogens is 360 g/mol. The van der Waals surface area contributed by atoms with Crippen LogP contribution in [0.15, 0.2) is 35.2 Å². The summed E-state index contributed by atoms with van der Waals surface area (Å²) in [5.41, 5.74) is 0.241. The van der Waals surface area contributed by atoms with Crippen molar-refractivity contribution in [1.29, 1.82) is 0 Å². The number of nitrogens with zero attached hydrogens (tertiary/aromatic N) is 3. The molecule has 2 aromatic rings. The van der Waals surface area contributed by atoms with Crippen LogP contribution in [0.3, 0.4) is 0 Å². The number of carbonyl (C=O) groups excluding carboxylic acids is 1. The molecule has 1 aromatic heterocycles. The van der Waals surface area contributed by atoms with Gasteiger partial charge in [-0.3, -0.25) is 4.79 Å². The smallest absolute Gasteiger partial charge is 0.288 e. The van der Waals surface area contributed by atoms with Crippen LogP contribution in [0.1, 0.15) is 16.2 Å². The third-order valence-electron chi connectivity index (χ3n) is 3.35. The topological polar surface area (TPSA) is 70.2 Å². The Bertz CT molecular complexity index is 758. The maximum Gasteiger partial charge on any atom is 0.288 e. The molecule has 1 aromatic carbocycles. The Morgan fingerprint density at radius 1 is 1.23 bits per heavy atom. The van der Waals surface area contributed by atoms with Gasteiger partial charge in [-0.15, -0.1) is 0 Å². The highest BCUT2D eigenvalue weighted by Gasteiger charge is 2.14. The number of amides is 1. The summed E-state index contributed by atoms with van der Waals surface area (Å²) in [6.07, 6.45) is 0. The van der Waals surface area contributed by atoms with Gasteiger partial charge >= 0.3 is 0 Å². The SMILES string of the molecule is Cc1nc(NCCNC(=O)c2ccccc2SC(F)F)cc(N(C)C)n1. The van der Waals surface area contributed by atoms with Crippen molar-refractivity contribution < 1.29 is 13.6 Å². The second-order valence-electron chi connectivity index (χ2n) is 5.61. The molecule has 0 aliphatic heterocycles. The van der Waals surface area contributed by atoms with Gasteiger partial charge in [-0.2, -0.15) is 8.78 Å². The van der Waals surface area contributed by atoms with Gasteiger partial charge in [0.25, 0.3) is 11.7 Å². The van der Waals surface area contributed by atoms with E-state index in [1.54, 1.807) is 19.1 Å². The molecule has 1 heterocycles. The molecule has 2 N–H and O–H groups in total. The van der Waals surface area contributed by atoms with Crippen molar-refractivity contribution in [3.63, 3.8) is 0 Å². The van der Waals surface area contributed by atoms with Crippen LogP contribution in [0.25, 0.3) is 0 Å². The minimum absolute atomic E-state index is 0.241. The Labute approximate surface area is 155 Å². The molecule has 0 saturated carbocycles. The van der Waals surface area contributed by atoms with E-state index in [1.807, 2.05) is 25.1 Å². The number of halogens is 2. The fraction of sp³-hybridized carbons (Fsp3) is 0.353. The average molecular weight is 381 g/mol. The number of benzene rings is 1. The predicted octanol–water partition coefficient (Wildman–Crippen LogP) is 3.01. The van der Waals surface area contributed by atoms with Crippen LogP contribution in [0.5, 0.6) is 0 Å². The molecule has 9 heteroatoms. The van der Waals surface area contributed by atoms with Gasteiger partial charge in [-0.1, -0.05) is 23.9 Å². The van der Waals surface area contributed by atoms with Crippen molar-refractivity contribution in [3.8, 4) is 0 Å². The van der Waals surface area contributed by atoms with Crippen molar-refractivity contribution in [3.05, 3.63) is 41.7 Å². The standard InChI is InChI=1S/C17H21F2N5OS/c1-11-22-14(10-15(23-11)24(2)3)20-8-9-21-16(25)12-6-4-5-7-13(12)26-17(18)19/h4-7,10,17H,8-9H2,1-3H3,(H,21,25)(H,20,22,23). The Morgan fingerprint density at radius 3 is 2.65 bits per heavy atom. The number of anilines is 2. The van der Waals surface area contributed by atoms with Crippen molar-refractivity contribution in [2.24, 2.45) is 0 Å². The van der Waals surface area contributed by atoms with E-state index in [1.165, 1.54) is 12.1 Å². The third-order valence-corrected chi connectivity index (χ3v) is 4.14. The van der Waals surface area contributed by atoms with E-state index >= 15 is 0 Å². The van der Waals surface area contributed by atoms with E-state index in [2.05, 4.69) is 20.6 Å². The number of thioether (sulfide) groups is 1. The second kappa shape index (κ2) is 9.33. The highest BCUT2D eigenvalue weighted by Crippen LogP contribution is 2.28. The van der Waals surface area contributed by atoms with Gasteiger partial charge in [-0.25, -0.2) is 9.97 Å². The van der Waals surface area contributed by atoms with Gasteiger partial charge in [0, 0.05) is 38.1 Å². The Balaban J connectivity index is 1.90. The van der Waals surface area contributed by atoms with Gasteiger partial charge in [0.2, 0.25) is 0 Å². The molecule has 0 saturated heterocycles. The van der Waals surface area contributed by atoms with E-state index in [0.717, 1.165) is 5.82 Å². The van der Waals surface area contributed by atoms with Gasteiger partial charge < -0.3 is 15.5 Å². The summed E-state index contributed by atoms with van der Waals surface area (Å²) < 4.78 is 25.2. The number of alkyl halides is 2. The minimum Gasteiger partial charge on any atom is -0.368 e. The maximum absolute atomic E-state index is 12.6. The zero-order valence-electron chi connectivity index (χ0n) is 14.8. The van der Waals surface area contributed by atoms with E-state index in [4.69, 9.17) is 0 Å². The molecule has 1 amide bonds. The average Bonchev–Trinajstić information content (AvgIpc) is 2.58. The molecule has 26 heavy (non-hydrogen) atoms. The summed E-state index contributed by atoms with van der Waals surface area (Å²) >= 11 is 0.364. The molecular formula is C17H21F2N5OS. The highest BCUT2D eigenvalue weighted by molar-refractivity contribution is 7.99. The van der Waals surface area contributed by atoms with Gasteiger partial charge in [0.1, 0.15) is 17.5 Å². The lowest BCUT2D eigenvalue weighted by molar-refractivity contribution is 0.0952. The number of aromatic nitrogens is 2. The minimum atomic E-state index is -2.57. The van der Waals surface area contributed by atoms with Crippen molar-refractivity contribution in [1.82, 2.24) is 15.3 Å². The summed E-state index contributed by atoms with van der Waals surface area (Å²) in [6.45, 7) is 2.57.